The largest absolute Gasteiger partial charge is 0.466 e. The normalized spacial score (nSPS) is 20.8. The van der Waals surface area contributed by atoms with Crippen LogP contribution in [-0.2, 0) is 9.53 Å². The van der Waals surface area contributed by atoms with Gasteiger partial charge in [0.1, 0.15) is 0 Å². The van der Waals surface area contributed by atoms with Gasteiger partial charge in [-0.25, -0.2) is 0 Å². The molecule has 0 radical (unpaired) electrons. The van der Waals surface area contributed by atoms with Crippen LogP contribution in [0.2, 0.25) is 0 Å². The number of rotatable bonds is 3. The van der Waals surface area contributed by atoms with E-state index in [0.717, 1.165) is 0 Å². The Hall–Kier alpha value is -0.530. The van der Waals surface area contributed by atoms with E-state index in [-0.39, 0.29) is 11.4 Å². The van der Waals surface area contributed by atoms with Crippen LogP contribution in [0.3, 0.4) is 0 Å². The Labute approximate surface area is 74.3 Å². The fourth-order valence-corrected chi connectivity index (χ4v) is 1.97. The van der Waals surface area contributed by atoms with E-state index in [9.17, 15) is 4.79 Å². The molecule has 1 aliphatic rings. The van der Waals surface area contributed by atoms with Crippen molar-refractivity contribution in [2.75, 3.05) is 6.61 Å². The van der Waals surface area contributed by atoms with Crippen LogP contribution in [0.1, 0.15) is 46.0 Å². The van der Waals surface area contributed by atoms with Crippen LogP contribution in [-0.4, -0.2) is 12.6 Å². The minimum atomic E-state index is -0.0260. The van der Waals surface area contributed by atoms with Gasteiger partial charge in [0.15, 0.2) is 0 Å². The number of carbonyl (C=O) groups is 1. The molecule has 2 heteroatoms. The SMILES string of the molecule is CCOC(=O)CC1(C)CCCC1. The summed E-state index contributed by atoms with van der Waals surface area (Å²) < 4.78 is 4.93. The predicted molar refractivity (Wildman–Crippen MR) is 47.8 cm³/mol. The summed E-state index contributed by atoms with van der Waals surface area (Å²) in [5, 5.41) is 0. The summed E-state index contributed by atoms with van der Waals surface area (Å²) in [5.41, 5.74) is 0.242. The third-order valence-corrected chi connectivity index (χ3v) is 2.69. The first-order valence-electron chi connectivity index (χ1n) is 4.82. The Bertz CT molecular complexity index is 157. The van der Waals surface area contributed by atoms with E-state index in [2.05, 4.69) is 6.92 Å². The molecular formula is C10H18O2. The molecule has 0 aromatic carbocycles. The maximum atomic E-state index is 11.2. The molecule has 0 aliphatic heterocycles. The maximum absolute atomic E-state index is 11.2. The van der Waals surface area contributed by atoms with Crippen molar-refractivity contribution in [3.63, 3.8) is 0 Å². The van der Waals surface area contributed by atoms with Gasteiger partial charge >= 0.3 is 5.97 Å². The molecule has 1 fully saturated rings. The van der Waals surface area contributed by atoms with Crippen LogP contribution in [0, 0.1) is 5.41 Å². The van der Waals surface area contributed by atoms with Crippen LogP contribution < -0.4 is 0 Å². The highest BCUT2D eigenvalue weighted by atomic mass is 16.5. The molecule has 0 saturated heterocycles. The molecule has 0 atom stereocenters. The van der Waals surface area contributed by atoms with Gasteiger partial charge in [0, 0.05) is 0 Å². The minimum absolute atomic E-state index is 0.0260. The fraction of sp³-hybridized carbons (Fsp3) is 0.900. The molecule has 0 aromatic heterocycles. The lowest BCUT2D eigenvalue weighted by molar-refractivity contribution is -0.145. The second kappa shape index (κ2) is 3.92. The summed E-state index contributed by atoms with van der Waals surface area (Å²) in [6, 6.07) is 0. The van der Waals surface area contributed by atoms with Crippen molar-refractivity contribution in [1.82, 2.24) is 0 Å². The molecule has 0 N–H and O–H groups in total. The van der Waals surface area contributed by atoms with E-state index in [4.69, 9.17) is 4.74 Å². The van der Waals surface area contributed by atoms with Gasteiger partial charge in [0.05, 0.1) is 13.0 Å². The number of ether oxygens (including phenoxy) is 1. The first kappa shape index (κ1) is 9.56. The highest BCUT2D eigenvalue weighted by Crippen LogP contribution is 2.40. The Morgan fingerprint density at radius 3 is 2.50 bits per heavy atom. The zero-order valence-electron chi connectivity index (χ0n) is 8.06. The van der Waals surface area contributed by atoms with E-state index in [0.29, 0.717) is 13.0 Å². The van der Waals surface area contributed by atoms with Gasteiger partial charge in [0.25, 0.3) is 0 Å². The summed E-state index contributed by atoms with van der Waals surface area (Å²) in [6.45, 7) is 4.56. The lowest BCUT2D eigenvalue weighted by Gasteiger charge is -2.21. The van der Waals surface area contributed by atoms with E-state index >= 15 is 0 Å². The smallest absolute Gasteiger partial charge is 0.306 e. The number of carbonyl (C=O) groups excluding carboxylic acids is 1. The monoisotopic (exact) mass is 170 g/mol. The molecule has 0 bridgehead atoms. The third kappa shape index (κ3) is 2.50. The molecule has 0 unspecified atom stereocenters. The molecule has 1 aliphatic carbocycles. The van der Waals surface area contributed by atoms with Crippen molar-refractivity contribution >= 4 is 5.97 Å². The lowest BCUT2D eigenvalue weighted by Crippen LogP contribution is -2.18. The van der Waals surface area contributed by atoms with Gasteiger partial charge in [-0.2, -0.15) is 0 Å². The molecule has 70 valence electrons. The van der Waals surface area contributed by atoms with Crippen LogP contribution in [0.25, 0.3) is 0 Å². The molecule has 0 amide bonds. The summed E-state index contributed by atoms with van der Waals surface area (Å²) in [6.07, 6.45) is 5.53. The highest BCUT2D eigenvalue weighted by Gasteiger charge is 2.31. The number of hydrogen-bond acceptors (Lipinski definition) is 2. The van der Waals surface area contributed by atoms with Gasteiger partial charge in [-0.3, -0.25) is 4.79 Å². The molecule has 0 spiro atoms. The third-order valence-electron chi connectivity index (χ3n) is 2.69. The molecule has 2 nitrogen and oxygen atoms in total. The van der Waals surface area contributed by atoms with Crippen LogP contribution >= 0.6 is 0 Å². The second-order valence-corrected chi connectivity index (χ2v) is 4.00. The predicted octanol–water partition coefficient (Wildman–Crippen LogP) is 2.52. The summed E-state index contributed by atoms with van der Waals surface area (Å²) >= 11 is 0. The molecule has 0 heterocycles. The topological polar surface area (TPSA) is 26.3 Å². The van der Waals surface area contributed by atoms with E-state index < -0.39 is 0 Å². The molecule has 12 heavy (non-hydrogen) atoms. The average molecular weight is 170 g/mol. The van der Waals surface area contributed by atoms with E-state index in [1.807, 2.05) is 6.92 Å². The first-order chi connectivity index (χ1) is 5.66. The van der Waals surface area contributed by atoms with Crippen molar-refractivity contribution < 1.29 is 9.53 Å². The minimum Gasteiger partial charge on any atom is -0.466 e. The zero-order valence-corrected chi connectivity index (χ0v) is 8.06. The molecular weight excluding hydrogens is 152 g/mol. The van der Waals surface area contributed by atoms with Crippen LogP contribution in [0.4, 0.5) is 0 Å². The number of esters is 1. The van der Waals surface area contributed by atoms with Gasteiger partial charge in [-0.15, -0.1) is 0 Å². The van der Waals surface area contributed by atoms with Crippen molar-refractivity contribution in [2.45, 2.75) is 46.0 Å². The van der Waals surface area contributed by atoms with Crippen LogP contribution in [0.15, 0.2) is 0 Å². The second-order valence-electron chi connectivity index (χ2n) is 4.00. The Morgan fingerprint density at radius 1 is 1.42 bits per heavy atom. The van der Waals surface area contributed by atoms with Crippen molar-refractivity contribution in [1.29, 1.82) is 0 Å². The zero-order chi connectivity index (χ0) is 9.03. The van der Waals surface area contributed by atoms with Crippen molar-refractivity contribution in [3.8, 4) is 0 Å². The average Bonchev–Trinajstić information content (AvgIpc) is 2.36. The molecule has 0 aromatic rings. The fourth-order valence-electron chi connectivity index (χ4n) is 1.97. The van der Waals surface area contributed by atoms with Gasteiger partial charge in [-0.1, -0.05) is 19.8 Å². The summed E-state index contributed by atoms with van der Waals surface area (Å²) in [5.74, 6) is -0.0260. The Balaban J connectivity index is 2.33. The number of hydrogen-bond donors (Lipinski definition) is 0. The summed E-state index contributed by atoms with van der Waals surface area (Å²) in [4.78, 5) is 11.2. The first-order valence-corrected chi connectivity index (χ1v) is 4.82. The Kier molecular flexibility index (Phi) is 3.12. The highest BCUT2D eigenvalue weighted by molar-refractivity contribution is 5.70. The van der Waals surface area contributed by atoms with Crippen LogP contribution in [0.5, 0.6) is 0 Å². The van der Waals surface area contributed by atoms with Gasteiger partial charge < -0.3 is 4.74 Å². The van der Waals surface area contributed by atoms with Gasteiger partial charge in [0.2, 0.25) is 0 Å². The summed E-state index contributed by atoms with van der Waals surface area (Å²) in [7, 11) is 0. The molecule has 1 saturated carbocycles. The van der Waals surface area contributed by atoms with E-state index in [1.54, 1.807) is 0 Å². The van der Waals surface area contributed by atoms with Gasteiger partial charge in [-0.05, 0) is 25.2 Å². The standard InChI is InChI=1S/C10H18O2/c1-3-12-9(11)8-10(2)6-4-5-7-10/h3-8H2,1-2H3. The Morgan fingerprint density at radius 2 is 2.00 bits per heavy atom. The maximum Gasteiger partial charge on any atom is 0.306 e. The molecule has 1 rings (SSSR count). The van der Waals surface area contributed by atoms with Crippen molar-refractivity contribution in [2.24, 2.45) is 5.41 Å². The van der Waals surface area contributed by atoms with Crippen molar-refractivity contribution in [3.05, 3.63) is 0 Å². The quantitative estimate of drug-likeness (QED) is 0.608. The lowest BCUT2D eigenvalue weighted by atomic mass is 9.85. The van der Waals surface area contributed by atoms with E-state index in [1.165, 1.54) is 25.7 Å².